The van der Waals surface area contributed by atoms with Crippen LogP contribution in [-0.2, 0) is 14.3 Å². The molecule has 0 saturated carbocycles. The summed E-state index contributed by atoms with van der Waals surface area (Å²) in [6.45, 7) is 0.145. The van der Waals surface area contributed by atoms with Crippen LogP contribution in [0.25, 0.3) is 0 Å². The fourth-order valence-electron chi connectivity index (χ4n) is 2.33. The predicted molar refractivity (Wildman–Crippen MR) is 97.4 cm³/mol. The summed E-state index contributed by atoms with van der Waals surface area (Å²) < 4.78 is 29.6. The first-order valence-corrected chi connectivity index (χ1v) is 9.28. The number of rotatable bonds is 7. The van der Waals surface area contributed by atoms with Crippen LogP contribution in [0.3, 0.4) is 0 Å². The minimum Gasteiger partial charge on any atom is -0.486 e. The Balaban J connectivity index is 1.34. The SMILES string of the molecule is O=C(COC(=O)CSc1ccccc1F)NC[C@H]1COc2ccccc2O1. The Morgan fingerprint density at radius 1 is 1.15 bits per heavy atom. The van der Waals surface area contributed by atoms with Crippen molar-refractivity contribution in [1.82, 2.24) is 5.32 Å². The van der Waals surface area contributed by atoms with Crippen LogP contribution < -0.4 is 14.8 Å². The maximum atomic E-state index is 13.5. The third-order valence-electron chi connectivity index (χ3n) is 3.64. The van der Waals surface area contributed by atoms with Crippen LogP contribution in [0.15, 0.2) is 53.4 Å². The minimum atomic E-state index is -0.593. The number of nitrogens with one attached hydrogen (secondary N) is 1. The van der Waals surface area contributed by atoms with E-state index in [-0.39, 0.29) is 18.4 Å². The summed E-state index contributed by atoms with van der Waals surface area (Å²) >= 11 is 1.02. The van der Waals surface area contributed by atoms with Crippen LogP contribution in [0.1, 0.15) is 0 Å². The lowest BCUT2D eigenvalue weighted by Gasteiger charge is -2.26. The lowest BCUT2D eigenvalue weighted by Crippen LogP contribution is -2.42. The molecule has 0 aliphatic carbocycles. The third kappa shape index (κ3) is 5.62. The Morgan fingerprint density at radius 2 is 1.89 bits per heavy atom. The molecule has 0 unspecified atom stereocenters. The van der Waals surface area contributed by atoms with Crippen molar-refractivity contribution in [3.05, 3.63) is 54.3 Å². The molecular weight excluding hydrogens is 373 g/mol. The molecule has 0 bridgehead atoms. The average Bonchev–Trinajstić information content (AvgIpc) is 2.70. The van der Waals surface area contributed by atoms with Crippen LogP contribution >= 0.6 is 11.8 Å². The maximum absolute atomic E-state index is 13.5. The highest BCUT2D eigenvalue weighted by Gasteiger charge is 2.21. The number of amides is 1. The number of para-hydroxylation sites is 2. The Hall–Kier alpha value is -2.74. The maximum Gasteiger partial charge on any atom is 0.316 e. The van der Waals surface area contributed by atoms with Crippen molar-refractivity contribution >= 4 is 23.6 Å². The molecule has 1 aliphatic rings. The van der Waals surface area contributed by atoms with Gasteiger partial charge in [-0.1, -0.05) is 24.3 Å². The van der Waals surface area contributed by atoms with Gasteiger partial charge in [-0.15, -0.1) is 11.8 Å². The van der Waals surface area contributed by atoms with Crippen LogP contribution in [-0.4, -0.2) is 43.5 Å². The molecule has 0 fully saturated rings. The zero-order valence-electron chi connectivity index (χ0n) is 14.4. The first-order valence-electron chi connectivity index (χ1n) is 8.30. The molecule has 1 atom stereocenters. The molecule has 0 saturated heterocycles. The largest absolute Gasteiger partial charge is 0.486 e. The van der Waals surface area contributed by atoms with Crippen LogP contribution in [0.5, 0.6) is 11.5 Å². The average molecular weight is 391 g/mol. The van der Waals surface area contributed by atoms with Gasteiger partial charge in [0, 0.05) is 4.90 Å². The van der Waals surface area contributed by atoms with Crippen molar-refractivity contribution < 1.29 is 28.2 Å². The number of thioether (sulfide) groups is 1. The molecule has 1 aliphatic heterocycles. The second kappa shape index (κ2) is 9.27. The zero-order valence-corrected chi connectivity index (χ0v) is 15.2. The number of benzene rings is 2. The van der Waals surface area contributed by atoms with Gasteiger partial charge in [-0.05, 0) is 24.3 Å². The van der Waals surface area contributed by atoms with Crippen molar-refractivity contribution in [2.45, 2.75) is 11.0 Å². The molecule has 0 spiro atoms. The van der Waals surface area contributed by atoms with Gasteiger partial charge in [-0.3, -0.25) is 9.59 Å². The summed E-state index contributed by atoms with van der Waals surface area (Å²) in [7, 11) is 0. The number of esters is 1. The van der Waals surface area contributed by atoms with E-state index in [2.05, 4.69) is 5.32 Å². The molecule has 1 amide bonds. The number of fused-ring (bicyclic) bond motifs is 1. The first kappa shape index (κ1) is 19.0. The van der Waals surface area contributed by atoms with Gasteiger partial charge in [0.1, 0.15) is 18.5 Å². The lowest BCUT2D eigenvalue weighted by molar-refractivity contribution is -0.146. The van der Waals surface area contributed by atoms with Gasteiger partial charge in [0.25, 0.3) is 5.91 Å². The second-order valence-electron chi connectivity index (χ2n) is 5.68. The second-order valence-corrected chi connectivity index (χ2v) is 6.70. The van der Waals surface area contributed by atoms with Crippen molar-refractivity contribution in [3.63, 3.8) is 0 Å². The Bertz CT molecular complexity index is 816. The minimum absolute atomic E-state index is 0.0788. The van der Waals surface area contributed by atoms with E-state index in [9.17, 15) is 14.0 Å². The van der Waals surface area contributed by atoms with E-state index in [0.29, 0.717) is 23.0 Å². The number of hydrogen-bond acceptors (Lipinski definition) is 6. The Kier molecular flexibility index (Phi) is 6.54. The number of ether oxygens (including phenoxy) is 3. The van der Waals surface area contributed by atoms with E-state index in [1.54, 1.807) is 24.3 Å². The molecule has 0 radical (unpaired) electrons. The fraction of sp³-hybridized carbons (Fsp3) is 0.263. The number of carbonyl (C=O) groups excluding carboxylic acids is 2. The van der Waals surface area contributed by atoms with Crippen molar-refractivity contribution in [1.29, 1.82) is 0 Å². The Morgan fingerprint density at radius 3 is 2.70 bits per heavy atom. The highest BCUT2D eigenvalue weighted by Crippen LogP contribution is 2.30. The van der Waals surface area contributed by atoms with Gasteiger partial charge < -0.3 is 19.5 Å². The number of hydrogen-bond donors (Lipinski definition) is 1. The molecule has 2 aromatic rings. The molecule has 1 N–H and O–H groups in total. The van der Waals surface area contributed by atoms with Gasteiger partial charge in [-0.25, -0.2) is 4.39 Å². The lowest BCUT2D eigenvalue weighted by atomic mass is 10.2. The third-order valence-corrected chi connectivity index (χ3v) is 4.66. The van der Waals surface area contributed by atoms with Gasteiger partial charge in [0.2, 0.25) is 0 Å². The summed E-state index contributed by atoms with van der Waals surface area (Å²) in [6.07, 6.45) is -0.323. The van der Waals surface area contributed by atoms with Gasteiger partial charge in [0.05, 0.1) is 12.3 Å². The van der Waals surface area contributed by atoms with Gasteiger partial charge in [-0.2, -0.15) is 0 Å². The van der Waals surface area contributed by atoms with Crippen LogP contribution in [0, 0.1) is 5.82 Å². The van der Waals surface area contributed by atoms with Gasteiger partial charge >= 0.3 is 5.97 Å². The molecule has 2 aromatic carbocycles. The smallest absolute Gasteiger partial charge is 0.316 e. The quantitative estimate of drug-likeness (QED) is 0.577. The topological polar surface area (TPSA) is 73.9 Å². The van der Waals surface area contributed by atoms with E-state index in [4.69, 9.17) is 14.2 Å². The molecule has 142 valence electrons. The summed E-state index contributed by atoms with van der Waals surface area (Å²) in [5, 5.41) is 2.63. The monoisotopic (exact) mass is 391 g/mol. The highest BCUT2D eigenvalue weighted by molar-refractivity contribution is 8.00. The molecule has 27 heavy (non-hydrogen) atoms. The van der Waals surface area contributed by atoms with E-state index < -0.39 is 24.3 Å². The molecule has 6 nitrogen and oxygen atoms in total. The number of carbonyl (C=O) groups is 2. The molecular formula is C19H18FNO5S. The summed E-state index contributed by atoms with van der Waals surface area (Å²) in [4.78, 5) is 23.9. The van der Waals surface area contributed by atoms with E-state index in [0.717, 1.165) is 11.8 Å². The fourth-order valence-corrected chi connectivity index (χ4v) is 3.07. The molecule has 0 aromatic heterocycles. The summed E-state index contributed by atoms with van der Waals surface area (Å²) in [5.41, 5.74) is 0. The normalized spacial score (nSPS) is 15.1. The van der Waals surface area contributed by atoms with E-state index >= 15 is 0 Å². The van der Waals surface area contributed by atoms with Crippen molar-refractivity contribution in [3.8, 4) is 11.5 Å². The van der Waals surface area contributed by atoms with E-state index in [1.807, 2.05) is 18.2 Å². The van der Waals surface area contributed by atoms with Crippen molar-refractivity contribution in [2.75, 3.05) is 25.5 Å². The summed E-state index contributed by atoms with van der Waals surface area (Å²) in [5.74, 6) is -0.221. The Labute approximate surface area is 160 Å². The summed E-state index contributed by atoms with van der Waals surface area (Å²) in [6, 6.07) is 13.4. The standard InChI is InChI=1S/C19H18FNO5S/c20-14-5-1-4-8-17(14)27-12-19(23)25-11-18(22)21-9-13-10-24-15-6-2-3-7-16(15)26-13/h1-8,13H,9-12H2,(H,21,22)/t13-/m0/s1. The van der Waals surface area contributed by atoms with E-state index in [1.165, 1.54) is 6.07 Å². The zero-order chi connectivity index (χ0) is 19.1. The predicted octanol–water partition coefficient (Wildman–Crippen LogP) is 2.42. The van der Waals surface area contributed by atoms with Crippen LogP contribution in [0.2, 0.25) is 0 Å². The first-order chi connectivity index (χ1) is 13.1. The highest BCUT2D eigenvalue weighted by atomic mass is 32.2. The number of halogens is 1. The van der Waals surface area contributed by atoms with Crippen LogP contribution in [0.4, 0.5) is 4.39 Å². The molecule has 3 rings (SSSR count). The molecule has 1 heterocycles. The van der Waals surface area contributed by atoms with Crippen molar-refractivity contribution in [2.24, 2.45) is 0 Å². The van der Waals surface area contributed by atoms with Gasteiger partial charge in [0.15, 0.2) is 18.1 Å². The molecule has 8 heteroatoms.